The van der Waals surface area contributed by atoms with Crippen LogP contribution >= 0.6 is 11.6 Å². The SMILES string of the molecule is Cc1c(Cl)ccc([N+](=O)[O-])c1NCC(C)C(C)C. The van der Waals surface area contributed by atoms with Gasteiger partial charge in [-0.05, 0) is 30.4 Å². The topological polar surface area (TPSA) is 55.2 Å². The second-order valence-corrected chi connectivity index (χ2v) is 5.33. The van der Waals surface area contributed by atoms with E-state index in [4.69, 9.17) is 11.6 Å². The van der Waals surface area contributed by atoms with Gasteiger partial charge in [-0.2, -0.15) is 0 Å². The number of nitrogens with one attached hydrogen (secondary N) is 1. The van der Waals surface area contributed by atoms with E-state index in [2.05, 4.69) is 26.1 Å². The lowest BCUT2D eigenvalue weighted by Crippen LogP contribution is -2.17. The van der Waals surface area contributed by atoms with E-state index in [1.165, 1.54) is 6.07 Å². The van der Waals surface area contributed by atoms with E-state index < -0.39 is 0 Å². The Morgan fingerprint density at radius 2 is 2.00 bits per heavy atom. The predicted molar refractivity (Wildman–Crippen MR) is 75.3 cm³/mol. The molecule has 0 saturated carbocycles. The van der Waals surface area contributed by atoms with Crippen LogP contribution in [-0.2, 0) is 0 Å². The molecule has 18 heavy (non-hydrogen) atoms. The first kappa shape index (κ1) is 14.8. The highest BCUT2D eigenvalue weighted by atomic mass is 35.5. The van der Waals surface area contributed by atoms with Crippen LogP contribution in [0, 0.1) is 28.9 Å². The molecule has 0 amide bonds. The molecule has 100 valence electrons. The minimum atomic E-state index is -0.383. The number of hydrogen-bond acceptors (Lipinski definition) is 3. The molecule has 0 bridgehead atoms. The van der Waals surface area contributed by atoms with Crippen LogP contribution in [0.5, 0.6) is 0 Å². The first-order valence-electron chi connectivity index (χ1n) is 6.02. The average molecular weight is 271 g/mol. The van der Waals surface area contributed by atoms with Crippen molar-refractivity contribution < 1.29 is 4.92 Å². The molecule has 0 spiro atoms. The van der Waals surface area contributed by atoms with E-state index in [9.17, 15) is 10.1 Å². The van der Waals surface area contributed by atoms with Crippen molar-refractivity contribution in [3.05, 3.63) is 32.8 Å². The molecule has 0 fully saturated rings. The first-order chi connectivity index (χ1) is 8.34. The van der Waals surface area contributed by atoms with Crippen molar-refractivity contribution in [3.63, 3.8) is 0 Å². The largest absolute Gasteiger partial charge is 0.379 e. The Hall–Kier alpha value is -1.29. The molecule has 0 aliphatic carbocycles. The predicted octanol–water partition coefficient (Wildman–Crippen LogP) is 4.26. The maximum Gasteiger partial charge on any atom is 0.292 e. The maximum atomic E-state index is 11.0. The maximum absolute atomic E-state index is 11.0. The highest BCUT2D eigenvalue weighted by Crippen LogP contribution is 2.33. The van der Waals surface area contributed by atoms with Gasteiger partial charge < -0.3 is 5.32 Å². The van der Waals surface area contributed by atoms with Gasteiger partial charge in [0.2, 0.25) is 0 Å². The smallest absolute Gasteiger partial charge is 0.292 e. The lowest BCUT2D eigenvalue weighted by Gasteiger charge is -2.18. The number of nitro groups is 1. The van der Waals surface area contributed by atoms with Gasteiger partial charge in [-0.3, -0.25) is 10.1 Å². The molecular formula is C13H19ClN2O2. The zero-order valence-corrected chi connectivity index (χ0v) is 11.9. The molecule has 1 N–H and O–H groups in total. The lowest BCUT2D eigenvalue weighted by molar-refractivity contribution is -0.384. The van der Waals surface area contributed by atoms with Crippen LogP contribution in [0.15, 0.2) is 12.1 Å². The van der Waals surface area contributed by atoms with Crippen molar-refractivity contribution in [1.82, 2.24) is 0 Å². The quantitative estimate of drug-likeness (QED) is 0.642. The molecule has 1 atom stereocenters. The van der Waals surface area contributed by atoms with Crippen LogP contribution in [0.3, 0.4) is 0 Å². The molecule has 0 saturated heterocycles. The molecule has 0 heterocycles. The van der Waals surface area contributed by atoms with Gasteiger partial charge in [-0.15, -0.1) is 0 Å². The van der Waals surface area contributed by atoms with E-state index in [0.29, 0.717) is 29.1 Å². The summed E-state index contributed by atoms with van der Waals surface area (Å²) < 4.78 is 0. The van der Waals surface area contributed by atoms with Crippen molar-refractivity contribution in [3.8, 4) is 0 Å². The number of anilines is 1. The second kappa shape index (κ2) is 6.05. The van der Waals surface area contributed by atoms with Crippen molar-refractivity contribution in [1.29, 1.82) is 0 Å². The molecule has 0 aliphatic rings. The summed E-state index contributed by atoms with van der Waals surface area (Å²) in [5, 5.41) is 14.7. The van der Waals surface area contributed by atoms with Gasteiger partial charge in [0.25, 0.3) is 5.69 Å². The Balaban J connectivity index is 2.99. The van der Waals surface area contributed by atoms with Crippen molar-refractivity contribution >= 4 is 23.0 Å². The zero-order chi connectivity index (χ0) is 13.9. The third-order valence-corrected chi connectivity index (χ3v) is 3.72. The van der Waals surface area contributed by atoms with Crippen LogP contribution in [-0.4, -0.2) is 11.5 Å². The van der Waals surface area contributed by atoms with E-state index in [-0.39, 0.29) is 10.6 Å². The van der Waals surface area contributed by atoms with Gasteiger partial charge in [-0.1, -0.05) is 32.4 Å². The molecule has 1 rings (SSSR count). The summed E-state index contributed by atoms with van der Waals surface area (Å²) >= 11 is 6.01. The Bertz CT molecular complexity index is 447. The minimum absolute atomic E-state index is 0.0767. The first-order valence-corrected chi connectivity index (χ1v) is 6.39. The Morgan fingerprint density at radius 1 is 1.39 bits per heavy atom. The molecule has 1 aromatic rings. The van der Waals surface area contributed by atoms with Gasteiger partial charge in [-0.25, -0.2) is 0 Å². The molecule has 1 unspecified atom stereocenters. The minimum Gasteiger partial charge on any atom is -0.379 e. The number of hydrogen-bond donors (Lipinski definition) is 1. The second-order valence-electron chi connectivity index (χ2n) is 4.93. The standard InChI is InChI=1S/C13H19ClN2O2/c1-8(2)9(3)7-15-13-10(4)11(14)5-6-12(13)16(17)18/h5-6,8-9,15H,7H2,1-4H3. The number of halogens is 1. The van der Waals surface area contributed by atoms with Crippen LogP contribution in [0.1, 0.15) is 26.3 Å². The van der Waals surface area contributed by atoms with Crippen molar-refractivity contribution in [2.24, 2.45) is 11.8 Å². The fourth-order valence-electron chi connectivity index (χ4n) is 1.55. The summed E-state index contributed by atoms with van der Waals surface area (Å²) in [6.45, 7) is 8.86. The lowest BCUT2D eigenvalue weighted by atomic mass is 9.98. The van der Waals surface area contributed by atoms with Gasteiger partial charge in [0, 0.05) is 17.6 Å². The average Bonchev–Trinajstić information content (AvgIpc) is 2.29. The van der Waals surface area contributed by atoms with E-state index in [0.717, 1.165) is 5.56 Å². The Kier molecular flexibility index (Phi) is 4.96. The normalized spacial score (nSPS) is 12.6. The monoisotopic (exact) mass is 270 g/mol. The van der Waals surface area contributed by atoms with Gasteiger partial charge >= 0.3 is 0 Å². The molecule has 0 aromatic heterocycles. The molecule has 0 aliphatic heterocycles. The summed E-state index contributed by atoms with van der Waals surface area (Å²) in [5.74, 6) is 0.957. The number of nitrogens with zero attached hydrogens (tertiary/aromatic N) is 1. The Morgan fingerprint density at radius 3 is 2.50 bits per heavy atom. The van der Waals surface area contributed by atoms with Crippen molar-refractivity contribution in [2.75, 3.05) is 11.9 Å². The summed E-state index contributed by atoms with van der Waals surface area (Å²) in [6.07, 6.45) is 0. The van der Waals surface area contributed by atoms with E-state index in [1.54, 1.807) is 13.0 Å². The highest BCUT2D eigenvalue weighted by molar-refractivity contribution is 6.31. The molecule has 1 aromatic carbocycles. The molecule has 0 radical (unpaired) electrons. The van der Waals surface area contributed by atoms with Crippen LogP contribution < -0.4 is 5.32 Å². The number of nitro benzene ring substituents is 1. The van der Waals surface area contributed by atoms with E-state index >= 15 is 0 Å². The fraction of sp³-hybridized carbons (Fsp3) is 0.538. The summed E-state index contributed by atoms with van der Waals surface area (Å²) in [4.78, 5) is 10.6. The van der Waals surface area contributed by atoms with Crippen LogP contribution in [0.4, 0.5) is 11.4 Å². The summed E-state index contributed by atoms with van der Waals surface area (Å²) in [7, 11) is 0. The van der Waals surface area contributed by atoms with Crippen LogP contribution in [0.2, 0.25) is 5.02 Å². The number of rotatable bonds is 5. The van der Waals surface area contributed by atoms with Crippen LogP contribution in [0.25, 0.3) is 0 Å². The molecule has 4 nitrogen and oxygen atoms in total. The van der Waals surface area contributed by atoms with Gasteiger partial charge in [0.15, 0.2) is 0 Å². The number of benzene rings is 1. The molecular weight excluding hydrogens is 252 g/mol. The highest BCUT2D eigenvalue weighted by Gasteiger charge is 2.18. The zero-order valence-electron chi connectivity index (χ0n) is 11.2. The van der Waals surface area contributed by atoms with Gasteiger partial charge in [0.1, 0.15) is 5.69 Å². The third-order valence-electron chi connectivity index (χ3n) is 3.31. The van der Waals surface area contributed by atoms with Crippen molar-refractivity contribution in [2.45, 2.75) is 27.7 Å². The Labute approximate surface area is 112 Å². The van der Waals surface area contributed by atoms with E-state index in [1.807, 2.05) is 0 Å². The third kappa shape index (κ3) is 3.35. The fourth-order valence-corrected chi connectivity index (χ4v) is 1.70. The summed E-state index contributed by atoms with van der Waals surface area (Å²) in [6, 6.07) is 3.00. The molecule has 5 heteroatoms. The van der Waals surface area contributed by atoms with Gasteiger partial charge in [0.05, 0.1) is 4.92 Å². The summed E-state index contributed by atoms with van der Waals surface area (Å²) in [5.41, 5.74) is 1.33.